The van der Waals surface area contributed by atoms with Crippen LogP contribution >= 0.6 is 15.9 Å². The van der Waals surface area contributed by atoms with Gasteiger partial charge in [0.15, 0.2) is 0 Å². The Morgan fingerprint density at radius 2 is 2.18 bits per heavy atom. The van der Waals surface area contributed by atoms with E-state index in [9.17, 15) is 0 Å². The molecule has 3 unspecified atom stereocenters. The van der Waals surface area contributed by atoms with Gasteiger partial charge in [-0.3, -0.25) is 0 Å². The molecule has 92 valence electrons. The van der Waals surface area contributed by atoms with Crippen LogP contribution in [0.4, 0.5) is 5.69 Å². The number of anilines is 1. The zero-order valence-corrected chi connectivity index (χ0v) is 11.4. The number of benzene rings is 1. The standard InChI is InChI=1S/C14H18BrNO/c15-14-12(16)2-1-3-13(14)17-8-11-7-9-4-5-10(11)6-9/h1-3,9-11H,4-8,16H2. The maximum atomic E-state index is 5.93. The average Bonchev–Trinajstić information content (AvgIpc) is 2.93. The normalized spacial score (nSPS) is 30.8. The number of hydrogen-bond acceptors (Lipinski definition) is 2. The van der Waals surface area contributed by atoms with Gasteiger partial charge in [0.25, 0.3) is 0 Å². The van der Waals surface area contributed by atoms with Gasteiger partial charge in [0.1, 0.15) is 5.75 Å². The van der Waals surface area contributed by atoms with E-state index in [1.54, 1.807) is 0 Å². The second-order valence-corrected chi connectivity index (χ2v) is 6.20. The minimum atomic E-state index is 0.746. The fourth-order valence-electron chi connectivity index (χ4n) is 3.42. The SMILES string of the molecule is Nc1cccc(OCC2CC3CCC2C3)c1Br. The van der Waals surface area contributed by atoms with Gasteiger partial charge in [0.05, 0.1) is 11.1 Å². The van der Waals surface area contributed by atoms with E-state index in [-0.39, 0.29) is 0 Å². The van der Waals surface area contributed by atoms with Crippen molar-refractivity contribution >= 4 is 21.6 Å². The molecule has 0 aromatic heterocycles. The molecule has 1 aromatic carbocycles. The highest BCUT2D eigenvalue weighted by Gasteiger charge is 2.39. The summed E-state index contributed by atoms with van der Waals surface area (Å²) >= 11 is 3.48. The molecule has 2 saturated carbocycles. The lowest BCUT2D eigenvalue weighted by Crippen LogP contribution is -2.18. The molecule has 0 radical (unpaired) electrons. The molecule has 0 saturated heterocycles. The van der Waals surface area contributed by atoms with Crippen molar-refractivity contribution in [1.29, 1.82) is 0 Å². The van der Waals surface area contributed by atoms with Gasteiger partial charge in [-0.1, -0.05) is 12.5 Å². The van der Waals surface area contributed by atoms with E-state index >= 15 is 0 Å². The second kappa shape index (κ2) is 4.52. The Kier molecular flexibility index (Phi) is 3.03. The molecule has 0 spiro atoms. The maximum Gasteiger partial charge on any atom is 0.135 e. The summed E-state index contributed by atoms with van der Waals surface area (Å²) in [5.74, 6) is 3.55. The lowest BCUT2D eigenvalue weighted by atomic mass is 9.89. The van der Waals surface area contributed by atoms with E-state index in [1.807, 2.05) is 18.2 Å². The van der Waals surface area contributed by atoms with Crippen LogP contribution < -0.4 is 10.5 Å². The summed E-state index contributed by atoms with van der Waals surface area (Å²) in [6, 6.07) is 5.80. The smallest absolute Gasteiger partial charge is 0.135 e. The van der Waals surface area contributed by atoms with Crippen molar-refractivity contribution in [3.05, 3.63) is 22.7 Å². The number of ether oxygens (including phenoxy) is 1. The van der Waals surface area contributed by atoms with Crippen LogP contribution in [0, 0.1) is 17.8 Å². The van der Waals surface area contributed by atoms with Crippen molar-refractivity contribution in [1.82, 2.24) is 0 Å². The third kappa shape index (κ3) is 2.17. The molecular formula is C14H18BrNO. The summed E-state index contributed by atoms with van der Waals surface area (Å²) in [5.41, 5.74) is 6.58. The zero-order valence-electron chi connectivity index (χ0n) is 9.86. The van der Waals surface area contributed by atoms with Crippen LogP contribution in [0.5, 0.6) is 5.75 Å². The Balaban J connectivity index is 1.62. The summed E-state index contributed by atoms with van der Waals surface area (Å²) in [4.78, 5) is 0. The van der Waals surface area contributed by atoms with Crippen molar-refractivity contribution in [2.45, 2.75) is 25.7 Å². The fourth-order valence-corrected chi connectivity index (χ4v) is 3.80. The molecule has 0 heterocycles. The minimum Gasteiger partial charge on any atom is -0.492 e. The van der Waals surface area contributed by atoms with Crippen molar-refractivity contribution in [3.63, 3.8) is 0 Å². The van der Waals surface area contributed by atoms with Gasteiger partial charge >= 0.3 is 0 Å². The topological polar surface area (TPSA) is 35.2 Å². The van der Waals surface area contributed by atoms with Gasteiger partial charge in [-0.25, -0.2) is 0 Å². The molecule has 1 aromatic rings. The zero-order chi connectivity index (χ0) is 11.8. The van der Waals surface area contributed by atoms with E-state index in [4.69, 9.17) is 10.5 Å². The first-order valence-electron chi connectivity index (χ1n) is 6.41. The molecule has 3 heteroatoms. The molecule has 2 nitrogen and oxygen atoms in total. The molecular weight excluding hydrogens is 278 g/mol. The van der Waals surface area contributed by atoms with Crippen LogP contribution in [-0.4, -0.2) is 6.61 Å². The largest absolute Gasteiger partial charge is 0.492 e. The lowest BCUT2D eigenvalue weighted by molar-refractivity contribution is 0.194. The summed E-state index contributed by atoms with van der Waals surface area (Å²) in [6.45, 7) is 0.850. The molecule has 2 fully saturated rings. The quantitative estimate of drug-likeness (QED) is 0.860. The summed E-state index contributed by atoms with van der Waals surface area (Å²) in [7, 11) is 0. The van der Waals surface area contributed by atoms with Gasteiger partial charge < -0.3 is 10.5 Å². The van der Waals surface area contributed by atoms with Crippen LogP contribution in [0.3, 0.4) is 0 Å². The predicted molar refractivity (Wildman–Crippen MR) is 73.0 cm³/mol. The van der Waals surface area contributed by atoms with Crippen LogP contribution in [0.25, 0.3) is 0 Å². The molecule has 3 rings (SSSR count). The number of fused-ring (bicyclic) bond motifs is 2. The number of nitrogens with two attached hydrogens (primary N) is 1. The number of nitrogen functional groups attached to an aromatic ring is 1. The fraction of sp³-hybridized carbons (Fsp3) is 0.571. The van der Waals surface area contributed by atoms with E-state index < -0.39 is 0 Å². The highest BCUT2D eigenvalue weighted by molar-refractivity contribution is 9.10. The average molecular weight is 296 g/mol. The third-order valence-corrected chi connectivity index (χ3v) is 5.18. The van der Waals surface area contributed by atoms with Gasteiger partial charge in [0, 0.05) is 5.69 Å². The second-order valence-electron chi connectivity index (χ2n) is 5.41. The van der Waals surface area contributed by atoms with Crippen molar-refractivity contribution < 1.29 is 4.74 Å². The van der Waals surface area contributed by atoms with E-state index in [0.717, 1.165) is 40.3 Å². The minimum absolute atomic E-state index is 0.746. The molecule has 2 bridgehead atoms. The Bertz CT molecular complexity index is 421. The van der Waals surface area contributed by atoms with Crippen LogP contribution in [0.2, 0.25) is 0 Å². The molecule has 0 amide bonds. The molecule has 17 heavy (non-hydrogen) atoms. The molecule has 2 aliphatic carbocycles. The first-order chi connectivity index (χ1) is 8.24. The number of rotatable bonds is 3. The van der Waals surface area contributed by atoms with E-state index in [0.29, 0.717) is 0 Å². The van der Waals surface area contributed by atoms with Crippen LogP contribution in [0.1, 0.15) is 25.7 Å². The van der Waals surface area contributed by atoms with Gasteiger partial charge in [-0.15, -0.1) is 0 Å². The first-order valence-corrected chi connectivity index (χ1v) is 7.20. The molecule has 2 aliphatic rings. The van der Waals surface area contributed by atoms with Crippen molar-refractivity contribution in [3.8, 4) is 5.75 Å². The maximum absolute atomic E-state index is 5.93. The monoisotopic (exact) mass is 295 g/mol. The summed E-state index contributed by atoms with van der Waals surface area (Å²) < 4.78 is 6.82. The lowest BCUT2D eigenvalue weighted by Gasteiger charge is -2.22. The number of halogens is 1. The van der Waals surface area contributed by atoms with Crippen molar-refractivity contribution in [2.24, 2.45) is 17.8 Å². The third-order valence-electron chi connectivity index (χ3n) is 4.33. The van der Waals surface area contributed by atoms with Gasteiger partial charge in [-0.2, -0.15) is 0 Å². The number of hydrogen-bond donors (Lipinski definition) is 1. The van der Waals surface area contributed by atoms with Crippen molar-refractivity contribution in [2.75, 3.05) is 12.3 Å². The molecule has 2 N–H and O–H groups in total. The highest BCUT2D eigenvalue weighted by Crippen LogP contribution is 2.48. The summed E-state index contributed by atoms with van der Waals surface area (Å²) in [5, 5.41) is 0. The molecule has 3 atom stereocenters. The van der Waals surface area contributed by atoms with Crippen LogP contribution in [0.15, 0.2) is 22.7 Å². The highest BCUT2D eigenvalue weighted by atomic mass is 79.9. The predicted octanol–water partition coefficient (Wildman–Crippen LogP) is 3.85. The summed E-state index contributed by atoms with van der Waals surface area (Å²) in [6.07, 6.45) is 5.66. The van der Waals surface area contributed by atoms with Gasteiger partial charge in [0.2, 0.25) is 0 Å². The van der Waals surface area contributed by atoms with E-state index in [2.05, 4.69) is 15.9 Å². The van der Waals surface area contributed by atoms with Gasteiger partial charge in [-0.05, 0) is 65.1 Å². The Labute approximate surface area is 111 Å². The Morgan fingerprint density at radius 1 is 1.29 bits per heavy atom. The molecule has 0 aliphatic heterocycles. The van der Waals surface area contributed by atoms with E-state index in [1.165, 1.54) is 25.7 Å². The first kappa shape index (κ1) is 11.4. The van der Waals surface area contributed by atoms with Crippen LogP contribution in [-0.2, 0) is 0 Å². The Morgan fingerprint density at radius 3 is 2.88 bits per heavy atom. The Hall–Kier alpha value is -0.700.